The van der Waals surface area contributed by atoms with Gasteiger partial charge in [0.15, 0.2) is 11.5 Å². The summed E-state index contributed by atoms with van der Waals surface area (Å²) < 4.78 is 102. The quantitative estimate of drug-likeness (QED) is 0.212. The molecule has 2 aliphatic heterocycles. The number of amides is 4. The zero-order valence-corrected chi connectivity index (χ0v) is 35.0. The third kappa shape index (κ3) is 8.14. The van der Waals surface area contributed by atoms with E-state index in [1.165, 1.54) is 27.3 Å². The lowest BCUT2D eigenvalue weighted by atomic mass is 9.85. The fourth-order valence-electron chi connectivity index (χ4n) is 8.46. The normalized spacial score (nSPS) is 28.9. The molecule has 4 amide bonds. The summed E-state index contributed by atoms with van der Waals surface area (Å²) in [6.45, 7) is 3.00. The van der Waals surface area contributed by atoms with E-state index in [2.05, 4.69) is 10.3 Å². The highest BCUT2D eigenvalue weighted by atomic mass is 32.2. The number of sulfonamides is 1. The summed E-state index contributed by atoms with van der Waals surface area (Å²) in [5.74, 6) is -4.31. The second-order valence-electron chi connectivity index (χ2n) is 17.0. The van der Waals surface area contributed by atoms with Crippen molar-refractivity contribution in [3.05, 3.63) is 36.5 Å². The molecule has 2 saturated carbocycles. The molecule has 6 rings (SSSR count). The molecule has 20 heteroatoms. The van der Waals surface area contributed by atoms with Crippen LogP contribution in [0.15, 0.2) is 36.5 Å². The molecule has 15 nitrogen and oxygen atoms in total. The van der Waals surface area contributed by atoms with Gasteiger partial charge in [0.2, 0.25) is 27.7 Å². The molecule has 3 heterocycles. The van der Waals surface area contributed by atoms with Crippen molar-refractivity contribution in [2.75, 3.05) is 27.4 Å². The standard InChI is InChI=1S/C40H51F4N5O10S/c1-22-9-7-8-10-25-19-39(25,35(52)47-60(55,56)38(21-41)12-13-38)46-32(50)28-17-26(59-33-27-18-30(58-6)29(57-5)16-24(27)11-14-45-33)20-48(28)34(51)31(23(2)15-22)49(36(53)54)37(3,4)40(42,43)44/h8,10-11,14,16,18,22-23,25-26,28,31H,7,9,12-13,15,17,19-21H2,1-6H3,(H,46,50)(H,47,52)(H,53,54)/b10-8-/t22-,23-,25-,26-,28+,31+,39-/m1/s1. The van der Waals surface area contributed by atoms with Crippen LogP contribution in [-0.4, -0.2) is 120 Å². The number of ether oxygens (including phenoxy) is 3. The number of rotatable bonds is 10. The van der Waals surface area contributed by atoms with Crippen molar-refractivity contribution in [3.8, 4) is 17.4 Å². The average molecular weight is 870 g/mol. The molecule has 0 spiro atoms. The molecule has 0 unspecified atom stereocenters. The van der Waals surface area contributed by atoms with E-state index in [0.29, 0.717) is 49.0 Å². The second-order valence-corrected chi connectivity index (χ2v) is 19.1. The number of halogens is 4. The number of allylic oxidation sites excluding steroid dienone is 1. The van der Waals surface area contributed by atoms with Crippen LogP contribution in [-0.2, 0) is 24.4 Å². The van der Waals surface area contributed by atoms with Gasteiger partial charge in [-0.25, -0.2) is 22.6 Å². The van der Waals surface area contributed by atoms with E-state index in [0.717, 1.165) is 4.90 Å². The predicted molar refractivity (Wildman–Crippen MR) is 208 cm³/mol. The van der Waals surface area contributed by atoms with Gasteiger partial charge in [0.25, 0.3) is 5.91 Å². The van der Waals surface area contributed by atoms with Crippen molar-refractivity contribution < 1.29 is 64.5 Å². The maximum Gasteiger partial charge on any atom is 0.411 e. The number of fused-ring (bicyclic) bond motifs is 3. The molecule has 3 fully saturated rings. The Morgan fingerprint density at radius 3 is 2.37 bits per heavy atom. The van der Waals surface area contributed by atoms with Crippen LogP contribution in [0.2, 0.25) is 0 Å². The summed E-state index contributed by atoms with van der Waals surface area (Å²) >= 11 is 0. The summed E-state index contributed by atoms with van der Waals surface area (Å²) in [7, 11) is -1.63. The van der Waals surface area contributed by atoms with Crippen LogP contribution in [0.4, 0.5) is 22.4 Å². The second kappa shape index (κ2) is 16.2. The Balaban J connectivity index is 1.43. The molecule has 0 radical (unpaired) electrons. The number of methoxy groups -OCH3 is 2. The zero-order valence-electron chi connectivity index (χ0n) is 34.2. The van der Waals surface area contributed by atoms with Crippen molar-refractivity contribution in [3.63, 3.8) is 0 Å². The van der Waals surface area contributed by atoms with E-state index in [9.17, 15) is 45.5 Å². The highest BCUT2D eigenvalue weighted by Crippen LogP contribution is 2.48. The molecular weight excluding hydrogens is 819 g/mol. The number of hydrogen-bond donors (Lipinski definition) is 3. The fourth-order valence-corrected chi connectivity index (χ4v) is 9.89. The number of hydrogen-bond acceptors (Lipinski definition) is 10. The Kier molecular flexibility index (Phi) is 12.1. The van der Waals surface area contributed by atoms with Gasteiger partial charge in [-0.15, -0.1) is 0 Å². The Morgan fingerprint density at radius 1 is 1.10 bits per heavy atom. The number of nitrogens with zero attached hydrogens (tertiary/aromatic N) is 3. The van der Waals surface area contributed by atoms with Crippen molar-refractivity contribution in [1.82, 2.24) is 24.8 Å². The molecule has 1 aromatic heterocycles. The minimum absolute atomic E-state index is 0.00248. The zero-order chi connectivity index (χ0) is 44.2. The van der Waals surface area contributed by atoms with Gasteiger partial charge in [-0.1, -0.05) is 26.0 Å². The maximum atomic E-state index is 15.0. The number of carbonyl (C=O) groups excluding carboxylic acids is 3. The number of aromatic nitrogens is 1. The van der Waals surface area contributed by atoms with Crippen LogP contribution in [0.5, 0.6) is 17.4 Å². The average Bonchev–Trinajstić information content (AvgIpc) is 4.08. The molecule has 3 N–H and O–H groups in total. The summed E-state index contributed by atoms with van der Waals surface area (Å²) in [5.41, 5.74) is -4.92. The van der Waals surface area contributed by atoms with E-state index in [1.54, 1.807) is 30.4 Å². The Labute approximate surface area is 345 Å². The molecule has 7 atom stereocenters. The van der Waals surface area contributed by atoms with Crippen molar-refractivity contribution in [2.45, 2.75) is 113 Å². The summed E-state index contributed by atoms with van der Waals surface area (Å²) in [6, 6.07) is 1.46. The van der Waals surface area contributed by atoms with Crippen LogP contribution in [0.25, 0.3) is 10.8 Å². The molecule has 0 bridgehead atoms. The molecule has 1 aromatic carbocycles. The van der Waals surface area contributed by atoms with E-state index >= 15 is 4.79 Å². The summed E-state index contributed by atoms with van der Waals surface area (Å²) in [6.07, 6.45) is -2.68. The SMILES string of the molecule is COc1cc2ccnc(O[C@@H]3C[C@H]4C(=O)N[C@]5(C(=O)NS(=O)(=O)C6(CF)CC6)C[C@H]5/C=C\CC[C@@H](C)C[C@@H](C)[C@H](N(C(=O)O)C(C)(C)C(F)(F)F)C(=O)N4C3)c2cc1OC. The summed E-state index contributed by atoms with van der Waals surface area (Å²) in [4.78, 5) is 61.9. The van der Waals surface area contributed by atoms with Gasteiger partial charge in [-0.05, 0) is 87.8 Å². The third-order valence-corrected chi connectivity index (χ3v) is 14.6. The monoisotopic (exact) mass is 869 g/mol. The third-order valence-electron chi connectivity index (χ3n) is 12.5. The largest absolute Gasteiger partial charge is 0.493 e. The molecule has 4 aliphatic rings. The van der Waals surface area contributed by atoms with Crippen LogP contribution >= 0.6 is 0 Å². The smallest absolute Gasteiger partial charge is 0.411 e. The number of carbonyl (C=O) groups is 4. The van der Waals surface area contributed by atoms with Crippen molar-refractivity contribution >= 4 is 44.6 Å². The first-order valence-corrected chi connectivity index (χ1v) is 21.2. The highest BCUT2D eigenvalue weighted by molar-refractivity contribution is 7.91. The van der Waals surface area contributed by atoms with Gasteiger partial charge in [0.1, 0.15) is 40.7 Å². The molecule has 2 aromatic rings. The molecular formula is C40H51F4N5O10S. The molecule has 2 aliphatic carbocycles. The van der Waals surface area contributed by atoms with Crippen molar-refractivity contribution in [1.29, 1.82) is 0 Å². The van der Waals surface area contributed by atoms with Gasteiger partial charge < -0.3 is 29.5 Å². The van der Waals surface area contributed by atoms with Gasteiger partial charge >= 0.3 is 12.3 Å². The predicted octanol–water partition coefficient (Wildman–Crippen LogP) is 5.13. The minimum Gasteiger partial charge on any atom is -0.493 e. The van der Waals surface area contributed by atoms with Crippen LogP contribution in [0, 0.1) is 17.8 Å². The number of benzene rings is 1. The highest BCUT2D eigenvalue weighted by Gasteiger charge is 2.64. The van der Waals surface area contributed by atoms with Crippen LogP contribution in [0.1, 0.15) is 72.6 Å². The van der Waals surface area contributed by atoms with Crippen molar-refractivity contribution in [2.24, 2.45) is 17.8 Å². The number of pyridine rings is 1. The molecule has 1 saturated heterocycles. The molecule has 60 heavy (non-hydrogen) atoms. The lowest BCUT2D eigenvalue weighted by Gasteiger charge is -2.45. The van der Waals surface area contributed by atoms with Crippen LogP contribution in [0.3, 0.4) is 0 Å². The lowest BCUT2D eigenvalue weighted by Crippen LogP contribution is -2.66. The van der Waals surface area contributed by atoms with E-state index < -0.39 is 99.1 Å². The topological polar surface area (TPSA) is 194 Å². The van der Waals surface area contributed by atoms with E-state index in [4.69, 9.17) is 14.2 Å². The first kappa shape index (κ1) is 44.7. The van der Waals surface area contributed by atoms with Gasteiger partial charge in [0, 0.05) is 23.9 Å². The Morgan fingerprint density at radius 2 is 1.77 bits per heavy atom. The summed E-state index contributed by atoms with van der Waals surface area (Å²) in [5, 5.41) is 14.2. The van der Waals surface area contributed by atoms with Gasteiger partial charge in [0.05, 0.1) is 20.8 Å². The van der Waals surface area contributed by atoms with E-state index in [-0.39, 0.29) is 48.8 Å². The first-order valence-electron chi connectivity index (χ1n) is 19.7. The number of alkyl halides is 4. The number of nitrogens with one attached hydrogen (secondary N) is 2. The van der Waals surface area contributed by atoms with Crippen LogP contribution < -0.4 is 24.2 Å². The van der Waals surface area contributed by atoms with Gasteiger partial charge in [-0.3, -0.25) is 24.0 Å². The minimum atomic E-state index is -5.13. The number of carboxylic acid groups (broad SMARTS) is 1. The van der Waals surface area contributed by atoms with E-state index in [1.807, 2.05) is 11.6 Å². The maximum absolute atomic E-state index is 15.0. The first-order chi connectivity index (χ1) is 28.1. The molecule has 330 valence electrons. The Hall–Kier alpha value is -4.88. The lowest BCUT2D eigenvalue weighted by molar-refractivity contribution is -0.222. The fraction of sp³-hybridized carbons (Fsp3) is 0.625. The van der Waals surface area contributed by atoms with Gasteiger partial charge in [-0.2, -0.15) is 13.2 Å². The Bertz CT molecular complexity index is 2170.